The molecular formula is C18H28N2O3. The number of carbonyl (C=O) groups is 1. The molecule has 1 aromatic carbocycles. The molecule has 0 spiro atoms. The van der Waals surface area contributed by atoms with Crippen LogP contribution in [-0.2, 0) is 16.0 Å². The number of ether oxygens (including phenoxy) is 2. The minimum atomic E-state index is 0.139. The third-order valence-corrected chi connectivity index (χ3v) is 4.13. The molecule has 0 saturated carbocycles. The molecule has 1 aromatic rings. The number of piperidine rings is 1. The Bertz CT molecular complexity index is 476. The van der Waals surface area contributed by atoms with E-state index in [0.717, 1.165) is 44.6 Å². The van der Waals surface area contributed by atoms with E-state index >= 15 is 0 Å². The molecule has 5 heteroatoms. The summed E-state index contributed by atoms with van der Waals surface area (Å²) in [4.78, 5) is 14.0. The highest BCUT2D eigenvalue weighted by molar-refractivity contribution is 5.76. The first-order valence-corrected chi connectivity index (χ1v) is 8.43. The van der Waals surface area contributed by atoms with Gasteiger partial charge < -0.3 is 20.1 Å². The Balaban J connectivity index is 1.63. The molecule has 23 heavy (non-hydrogen) atoms. The Kier molecular flexibility index (Phi) is 7.36. The molecule has 1 fully saturated rings. The van der Waals surface area contributed by atoms with Crippen LogP contribution in [0.15, 0.2) is 24.3 Å². The van der Waals surface area contributed by atoms with Crippen molar-refractivity contribution in [3.63, 3.8) is 0 Å². The summed E-state index contributed by atoms with van der Waals surface area (Å²) in [6.45, 7) is 2.82. The second-order valence-electron chi connectivity index (χ2n) is 6.08. The van der Waals surface area contributed by atoms with E-state index in [1.54, 1.807) is 7.11 Å². The highest BCUT2D eigenvalue weighted by Gasteiger charge is 2.20. The molecule has 1 unspecified atom stereocenters. The number of methoxy groups -OCH3 is 1. The Morgan fingerprint density at radius 3 is 2.78 bits per heavy atom. The van der Waals surface area contributed by atoms with Gasteiger partial charge in [-0.1, -0.05) is 12.1 Å². The summed E-state index contributed by atoms with van der Waals surface area (Å²) in [5.41, 5.74) is 7.14. The van der Waals surface area contributed by atoms with Gasteiger partial charge in [-0.25, -0.2) is 0 Å². The molecule has 1 aliphatic rings. The molecule has 2 N–H and O–H groups in total. The molecule has 0 aliphatic carbocycles. The maximum atomic E-state index is 12.1. The monoisotopic (exact) mass is 320 g/mol. The van der Waals surface area contributed by atoms with Crippen molar-refractivity contribution >= 4 is 5.91 Å². The number of nitrogens with zero attached hydrogens (tertiary/aromatic N) is 1. The third-order valence-electron chi connectivity index (χ3n) is 4.13. The molecule has 2 rings (SSSR count). The second kappa shape index (κ2) is 9.53. The summed E-state index contributed by atoms with van der Waals surface area (Å²) in [6, 6.07) is 8.18. The van der Waals surface area contributed by atoms with E-state index in [2.05, 4.69) is 12.1 Å². The number of nitrogens with two attached hydrogens (primary N) is 1. The van der Waals surface area contributed by atoms with Crippen LogP contribution in [-0.4, -0.2) is 50.3 Å². The lowest BCUT2D eigenvalue weighted by Gasteiger charge is -2.30. The Hall–Kier alpha value is -1.59. The molecule has 1 amide bonds. The van der Waals surface area contributed by atoms with Gasteiger partial charge in [-0.3, -0.25) is 4.79 Å². The van der Waals surface area contributed by atoms with Crippen LogP contribution in [0.4, 0.5) is 0 Å². The molecule has 0 radical (unpaired) electrons. The van der Waals surface area contributed by atoms with E-state index in [1.807, 2.05) is 17.0 Å². The number of hydrogen-bond donors (Lipinski definition) is 1. The minimum Gasteiger partial charge on any atom is -0.494 e. The maximum Gasteiger partial charge on any atom is 0.222 e. The van der Waals surface area contributed by atoms with Crippen molar-refractivity contribution in [3.8, 4) is 5.75 Å². The lowest BCUT2D eigenvalue weighted by atomic mass is 10.1. The number of likely N-dealkylation sites (tertiary alicyclic amines) is 1. The van der Waals surface area contributed by atoms with Crippen molar-refractivity contribution in [2.24, 2.45) is 5.73 Å². The van der Waals surface area contributed by atoms with E-state index in [4.69, 9.17) is 15.2 Å². The summed E-state index contributed by atoms with van der Waals surface area (Å²) in [5.74, 6) is 1.04. The molecule has 0 bridgehead atoms. The largest absolute Gasteiger partial charge is 0.494 e. The van der Waals surface area contributed by atoms with E-state index in [1.165, 1.54) is 5.56 Å². The number of benzene rings is 1. The molecule has 128 valence electrons. The summed E-state index contributed by atoms with van der Waals surface area (Å²) < 4.78 is 10.8. The molecule has 1 aliphatic heterocycles. The van der Waals surface area contributed by atoms with Crippen molar-refractivity contribution in [2.45, 2.75) is 38.1 Å². The van der Waals surface area contributed by atoms with Crippen molar-refractivity contribution in [2.75, 3.05) is 33.4 Å². The van der Waals surface area contributed by atoms with E-state index in [9.17, 15) is 4.79 Å². The van der Waals surface area contributed by atoms with E-state index < -0.39 is 0 Å². The third kappa shape index (κ3) is 6.20. The summed E-state index contributed by atoms with van der Waals surface area (Å²) in [6.07, 6.45) is 4.20. The highest BCUT2D eigenvalue weighted by atomic mass is 16.5. The Labute approximate surface area is 138 Å². The van der Waals surface area contributed by atoms with Crippen LogP contribution in [0.2, 0.25) is 0 Å². The van der Waals surface area contributed by atoms with Gasteiger partial charge in [-0.15, -0.1) is 0 Å². The summed E-state index contributed by atoms with van der Waals surface area (Å²) >= 11 is 0. The highest BCUT2D eigenvalue weighted by Crippen LogP contribution is 2.14. The quantitative estimate of drug-likeness (QED) is 0.744. The minimum absolute atomic E-state index is 0.139. The first-order valence-electron chi connectivity index (χ1n) is 8.43. The van der Waals surface area contributed by atoms with Gasteiger partial charge in [0.05, 0.1) is 13.2 Å². The molecule has 1 heterocycles. The van der Waals surface area contributed by atoms with Gasteiger partial charge in [-0.2, -0.15) is 0 Å². The van der Waals surface area contributed by atoms with E-state index in [0.29, 0.717) is 19.6 Å². The average Bonchev–Trinajstić information content (AvgIpc) is 2.57. The van der Waals surface area contributed by atoms with E-state index in [-0.39, 0.29) is 11.9 Å². The van der Waals surface area contributed by atoms with Gasteiger partial charge in [0.25, 0.3) is 0 Å². The second-order valence-corrected chi connectivity index (χ2v) is 6.08. The zero-order valence-electron chi connectivity index (χ0n) is 14.0. The number of rotatable bonds is 8. The normalized spacial score (nSPS) is 18.0. The first kappa shape index (κ1) is 17.8. The maximum absolute atomic E-state index is 12.1. The molecule has 0 aromatic heterocycles. The van der Waals surface area contributed by atoms with Gasteiger partial charge in [0.2, 0.25) is 5.91 Å². The van der Waals surface area contributed by atoms with Gasteiger partial charge >= 0.3 is 0 Å². The van der Waals surface area contributed by atoms with Gasteiger partial charge in [0, 0.05) is 32.7 Å². The van der Waals surface area contributed by atoms with Crippen LogP contribution < -0.4 is 10.5 Å². The van der Waals surface area contributed by atoms with Crippen LogP contribution >= 0.6 is 0 Å². The van der Waals surface area contributed by atoms with Crippen molar-refractivity contribution < 1.29 is 14.3 Å². The van der Waals surface area contributed by atoms with Crippen molar-refractivity contribution in [1.29, 1.82) is 0 Å². The molecule has 1 saturated heterocycles. The SMILES string of the molecule is COCCc1ccc(OCCCC(=O)N2CCCC(N)C2)cc1. The molecule has 5 nitrogen and oxygen atoms in total. The standard InChI is InChI=1S/C18H28N2O3/c1-22-13-10-15-6-8-17(9-7-15)23-12-3-5-18(21)20-11-2-4-16(19)14-20/h6-9,16H,2-5,10-14,19H2,1H3. The van der Waals surface area contributed by atoms with Crippen LogP contribution in [0.25, 0.3) is 0 Å². The number of hydrogen-bond acceptors (Lipinski definition) is 4. The van der Waals surface area contributed by atoms with Gasteiger partial charge in [0.1, 0.15) is 5.75 Å². The lowest BCUT2D eigenvalue weighted by Crippen LogP contribution is -2.45. The smallest absolute Gasteiger partial charge is 0.222 e. The summed E-state index contributed by atoms with van der Waals surface area (Å²) in [5, 5.41) is 0. The zero-order chi connectivity index (χ0) is 16.5. The molecular weight excluding hydrogens is 292 g/mol. The fourth-order valence-electron chi connectivity index (χ4n) is 2.78. The fourth-order valence-corrected chi connectivity index (χ4v) is 2.78. The predicted molar refractivity (Wildman–Crippen MR) is 90.5 cm³/mol. The van der Waals surface area contributed by atoms with Crippen LogP contribution in [0.5, 0.6) is 5.75 Å². The predicted octanol–water partition coefficient (Wildman–Crippen LogP) is 1.98. The van der Waals surface area contributed by atoms with Crippen LogP contribution in [0.1, 0.15) is 31.2 Å². The zero-order valence-corrected chi connectivity index (χ0v) is 14.0. The summed E-state index contributed by atoms with van der Waals surface area (Å²) in [7, 11) is 1.70. The van der Waals surface area contributed by atoms with Crippen molar-refractivity contribution in [3.05, 3.63) is 29.8 Å². The van der Waals surface area contributed by atoms with Crippen LogP contribution in [0.3, 0.4) is 0 Å². The molecule has 1 atom stereocenters. The first-order chi connectivity index (χ1) is 11.2. The lowest BCUT2D eigenvalue weighted by molar-refractivity contribution is -0.132. The fraction of sp³-hybridized carbons (Fsp3) is 0.611. The Morgan fingerprint density at radius 1 is 1.30 bits per heavy atom. The van der Waals surface area contributed by atoms with Crippen LogP contribution in [0, 0.1) is 0 Å². The van der Waals surface area contributed by atoms with Crippen molar-refractivity contribution in [1.82, 2.24) is 4.90 Å². The number of carbonyl (C=O) groups excluding carboxylic acids is 1. The van der Waals surface area contributed by atoms with Gasteiger partial charge in [-0.05, 0) is 43.4 Å². The number of amides is 1. The Morgan fingerprint density at radius 2 is 2.09 bits per heavy atom. The topological polar surface area (TPSA) is 64.8 Å². The van der Waals surface area contributed by atoms with Gasteiger partial charge in [0.15, 0.2) is 0 Å². The average molecular weight is 320 g/mol.